The number of hydrogen-bond donors (Lipinski definition) is 3. The van der Waals surface area contributed by atoms with Crippen molar-refractivity contribution < 1.29 is 37.1 Å². The maximum Gasteiger partial charge on any atom is 0.264 e. The Morgan fingerprint density at radius 2 is 1.28 bits per heavy atom. The zero-order chi connectivity index (χ0) is 44.9. The summed E-state index contributed by atoms with van der Waals surface area (Å²) in [6.07, 6.45) is 0.270. The third-order valence-electron chi connectivity index (χ3n) is 11.2. The number of Topliss-reactive ketones (excluding diaryl/α,β-unsaturated/α-hetero) is 2. The third kappa shape index (κ3) is 12.7. The van der Waals surface area contributed by atoms with Crippen LogP contribution in [0.2, 0.25) is 0 Å². The predicted octanol–water partition coefficient (Wildman–Crippen LogP) is 7.09. The second-order valence-corrected chi connectivity index (χ2v) is 18.6. The molecule has 2 aliphatic rings. The molecule has 13 heteroatoms. The first-order chi connectivity index (χ1) is 31.0. The Morgan fingerprint density at radius 1 is 0.641 bits per heavy atom. The first-order valence-electron chi connectivity index (χ1n) is 21.2. The molecular weight excluding hydrogens is 847 g/mol. The Labute approximate surface area is 377 Å². The van der Waals surface area contributed by atoms with Crippen LogP contribution in [0.25, 0.3) is 11.1 Å². The molecule has 8 rings (SSSR count). The number of carbonyl (C=O) groups is 5. The highest BCUT2D eigenvalue weighted by atomic mass is 32.2. The standard InChI is InChI=1S/C51H49N3O8S2/c55-42-31-41(32-44-15-10-28-63-44)49(57)53-47(30-37-18-23-39(24-19-37)38-13-6-2-7-14-38)51(59)52-46(27-22-35-11-4-1-5-12-35)48(56)33-40(29-36-20-25-43(26-21-36)62-34-42)50(58)54-64(60,61)45-16-8-3-9-17-45/h1-21,23-26,28,40-41,46-47H,22,27,29-34H2,(H,52,59)(H,53,57)(H,54,58)/t40-,41+,46+,47-/m1/s1. The van der Waals surface area contributed by atoms with Crippen LogP contribution in [-0.2, 0) is 59.7 Å². The van der Waals surface area contributed by atoms with Gasteiger partial charge in [-0.15, -0.1) is 11.3 Å². The van der Waals surface area contributed by atoms with E-state index in [0.29, 0.717) is 17.7 Å². The fourth-order valence-corrected chi connectivity index (χ4v) is 9.54. The van der Waals surface area contributed by atoms with E-state index in [1.165, 1.54) is 35.6 Å². The van der Waals surface area contributed by atoms with Gasteiger partial charge in [0, 0.05) is 36.0 Å². The molecule has 0 unspecified atom stereocenters. The highest BCUT2D eigenvalue weighted by Crippen LogP contribution is 2.24. The number of ketones is 2. The molecule has 3 N–H and O–H groups in total. The summed E-state index contributed by atoms with van der Waals surface area (Å²) in [5.41, 5.74) is 4.24. The molecule has 328 valence electrons. The second-order valence-electron chi connectivity index (χ2n) is 15.9. The van der Waals surface area contributed by atoms with Gasteiger partial charge in [-0.3, -0.25) is 24.0 Å². The van der Waals surface area contributed by atoms with Crippen molar-refractivity contribution in [3.05, 3.63) is 179 Å². The number of hydrogen-bond acceptors (Lipinski definition) is 9. The van der Waals surface area contributed by atoms with Crippen molar-refractivity contribution in [2.75, 3.05) is 6.61 Å². The Kier molecular flexibility index (Phi) is 15.3. The van der Waals surface area contributed by atoms with Gasteiger partial charge in [-0.2, -0.15) is 0 Å². The minimum atomic E-state index is -4.30. The van der Waals surface area contributed by atoms with Crippen LogP contribution in [0.3, 0.4) is 0 Å². The summed E-state index contributed by atoms with van der Waals surface area (Å²) < 4.78 is 34.7. The van der Waals surface area contributed by atoms with Crippen LogP contribution in [0.15, 0.2) is 162 Å². The Balaban J connectivity index is 1.23. The van der Waals surface area contributed by atoms with Crippen LogP contribution >= 0.6 is 11.3 Å². The fraction of sp³-hybridized carbons (Fsp3) is 0.235. The summed E-state index contributed by atoms with van der Waals surface area (Å²) in [5, 5.41) is 7.78. The normalized spacial score (nSPS) is 19.0. The van der Waals surface area contributed by atoms with Gasteiger partial charge < -0.3 is 15.4 Å². The first kappa shape index (κ1) is 45.3. The number of sulfonamides is 1. The smallest absolute Gasteiger partial charge is 0.264 e. The van der Waals surface area contributed by atoms with E-state index < -0.39 is 63.9 Å². The fourth-order valence-electron chi connectivity index (χ4n) is 7.69. The quantitative estimate of drug-likeness (QED) is 0.124. The van der Waals surface area contributed by atoms with Gasteiger partial charge in [-0.05, 0) is 89.2 Å². The third-order valence-corrected chi connectivity index (χ3v) is 13.4. The SMILES string of the molecule is O=C1COc2ccc(cc2)C[C@@H](C(=O)NS(=O)(=O)c2ccccc2)CC(=O)[C@H](CCc2ccccc2)NC(=O)[C@@H](Cc2ccc(-c3ccccc3)cc2)NC(=O)[C@H](Cc2cccs2)C1. The van der Waals surface area contributed by atoms with Gasteiger partial charge in [0.25, 0.3) is 10.0 Å². The number of ether oxygens (including phenoxy) is 1. The first-order valence-corrected chi connectivity index (χ1v) is 23.5. The molecule has 11 nitrogen and oxygen atoms in total. The molecule has 2 bridgehead atoms. The molecule has 2 aliphatic heterocycles. The molecule has 0 saturated carbocycles. The van der Waals surface area contributed by atoms with E-state index in [4.69, 9.17) is 4.74 Å². The maximum atomic E-state index is 14.7. The lowest BCUT2D eigenvalue weighted by molar-refractivity contribution is -0.134. The van der Waals surface area contributed by atoms with E-state index in [0.717, 1.165) is 27.1 Å². The summed E-state index contributed by atoms with van der Waals surface area (Å²) in [5.74, 6) is -4.47. The summed E-state index contributed by atoms with van der Waals surface area (Å²) in [4.78, 5) is 71.9. The maximum absolute atomic E-state index is 14.7. The van der Waals surface area contributed by atoms with Gasteiger partial charge in [-0.1, -0.05) is 121 Å². The van der Waals surface area contributed by atoms with E-state index >= 15 is 0 Å². The van der Waals surface area contributed by atoms with Crippen LogP contribution < -0.4 is 20.1 Å². The largest absolute Gasteiger partial charge is 0.486 e. The molecule has 64 heavy (non-hydrogen) atoms. The molecule has 0 saturated heterocycles. The molecule has 0 radical (unpaired) electrons. The van der Waals surface area contributed by atoms with Crippen molar-refractivity contribution >= 4 is 50.6 Å². The molecule has 0 aliphatic carbocycles. The van der Waals surface area contributed by atoms with Gasteiger partial charge in [0.1, 0.15) is 18.4 Å². The Bertz CT molecular complexity index is 2620. The lowest BCUT2D eigenvalue weighted by Gasteiger charge is -2.26. The lowest BCUT2D eigenvalue weighted by atomic mass is 9.89. The van der Waals surface area contributed by atoms with Gasteiger partial charge in [0.05, 0.1) is 10.9 Å². The molecule has 6 aromatic rings. The molecule has 3 heterocycles. The van der Waals surface area contributed by atoms with Crippen molar-refractivity contribution in [1.82, 2.24) is 15.4 Å². The zero-order valence-corrected chi connectivity index (χ0v) is 36.7. The average Bonchev–Trinajstić information content (AvgIpc) is 3.83. The van der Waals surface area contributed by atoms with Crippen LogP contribution in [0.4, 0.5) is 0 Å². The Morgan fingerprint density at radius 3 is 1.95 bits per heavy atom. The second kappa shape index (κ2) is 21.6. The summed E-state index contributed by atoms with van der Waals surface area (Å²) in [6.45, 7) is -0.314. The Hall–Kier alpha value is -6.70. The summed E-state index contributed by atoms with van der Waals surface area (Å²) in [7, 11) is -4.30. The van der Waals surface area contributed by atoms with Gasteiger partial charge in [-0.25, -0.2) is 13.1 Å². The van der Waals surface area contributed by atoms with Crippen molar-refractivity contribution in [3.63, 3.8) is 0 Å². The number of aryl methyl sites for hydroxylation is 1. The highest BCUT2D eigenvalue weighted by molar-refractivity contribution is 7.90. The number of thiophene rings is 1. The molecule has 5 aromatic carbocycles. The van der Waals surface area contributed by atoms with Gasteiger partial charge in [0.2, 0.25) is 17.7 Å². The molecule has 0 fully saturated rings. The number of fused-ring (bicyclic) bond motifs is 16. The number of amides is 3. The minimum absolute atomic E-state index is 0.0253. The molecule has 1 aromatic heterocycles. The minimum Gasteiger partial charge on any atom is -0.486 e. The van der Waals surface area contributed by atoms with Crippen molar-refractivity contribution in [2.45, 2.75) is 61.9 Å². The van der Waals surface area contributed by atoms with E-state index in [9.17, 15) is 32.4 Å². The number of carbonyl (C=O) groups excluding carboxylic acids is 5. The van der Waals surface area contributed by atoms with Crippen LogP contribution in [-0.4, -0.2) is 56.4 Å². The molecule has 4 atom stereocenters. The van der Waals surface area contributed by atoms with Crippen molar-refractivity contribution in [3.8, 4) is 16.9 Å². The van der Waals surface area contributed by atoms with Crippen molar-refractivity contribution in [2.24, 2.45) is 11.8 Å². The van der Waals surface area contributed by atoms with E-state index in [-0.39, 0.29) is 49.4 Å². The van der Waals surface area contributed by atoms with E-state index in [1.807, 2.05) is 102 Å². The molecular formula is C51H49N3O8S2. The number of rotatable bonds is 11. The van der Waals surface area contributed by atoms with Crippen LogP contribution in [0, 0.1) is 11.8 Å². The predicted molar refractivity (Wildman–Crippen MR) is 246 cm³/mol. The van der Waals surface area contributed by atoms with Crippen molar-refractivity contribution in [1.29, 1.82) is 0 Å². The lowest BCUT2D eigenvalue weighted by Crippen LogP contribution is -2.54. The summed E-state index contributed by atoms with van der Waals surface area (Å²) >= 11 is 1.46. The molecule has 0 spiro atoms. The van der Waals surface area contributed by atoms with Gasteiger partial charge in [0.15, 0.2) is 11.6 Å². The van der Waals surface area contributed by atoms with Gasteiger partial charge >= 0.3 is 0 Å². The number of nitrogens with one attached hydrogen (secondary N) is 3. The number of benzene rings is 5. The monoisotopic (exact) mass is 895 g/mol. The summed E-state index contributed by atoms with van der Waals surface area (Å²) in [6, 6.07) is 42.4. The van der Waals surface area contributed by atoms with E-state index in [2.05, 4.69) is 15.4 Å². The molecule has 3 amide bonds. The zero-order valence-electron chi connectivity index (χ0n) is 35.1. The highest BCUT2D eigenvalue weighted by Gasteiger charge is 2.34. The topological polar surface area (TPSA) is 165 Å². The van der Waals surface area contributed by atoms with Crippen LogP contribution in [0.1, 0.15) is 40.8 Å². The van der Waals surface area contributed by atoms with Crippen LogP contribution in [0.5, 0.6) is 5.75 Å². The average molecular weight is 896 g/mol. The van der Waals surface area contributed by atoms with E-state index in [1.54, 1.807) is 30.3 Å².